The summed E-state index contributed by atoms with van der Waals surface area (Å²) in [7, 11) is 0. The van der Waals surface area contributed by atoms with Crippen LogP contribution >= 0.6 is 12.2 Å². The highest BCUT2D eigenvalue weighted by Crippen LogP contribution is 2.21. The lowest BCUT2D eigenvalue weighted by Crippen LogP contribution is -2.04. The lowest BCUT2D eigenvalue weighted by Gasteiger charge is -2.17. The largest absolute Gasteiger partial charge is 0.0900 e. The Morgan fingerprint density at radius 3 is 2.09 bits per heavy atom. The van der Waals surface area contributed by atoms with Crippen LogP contribution < -0.4 is 0 Å². The topological polar surface area (TPSA) is 0 Å². The van der Waals surface area contributed by atoms with Crippen molar-refractivity contribution >= 4 is 17.1 Å². The number of hydrogen-bond acceptors (Lipinski definition) is 1. The van der Waals surface area contributed by atoms with Gasteiger partial charge < -0.3 is 0 Å². The van der Waals surface area contributed by atoms with Gasteiger partial charge in [0.2, 0.25) is 0 Å². The van der Waals surface area contributed by atoms with Crippen molar-refractivity contribution in [1.82, 2.24) is 0 Å². The first-order chi connectivity index (χ1) is 4.92. The van der Waals surface area contributed by atoms with Crippen molar-refractivity contribution in [3.8, 4) is 0 Å². The number of hydrogen-bond donors (Lipinski definition) is 0. The van der Waals surface area contributed by atoms with Crippen LogP contribution in [0.25, 0.3) is 0 Å². The monoisotopic (exact) mass is 172 g/mol. The molecule has 0 aromatic carbocycles. The van der Waals surface area contributed by atoms with Crippen LogP contribution in [0.4, 0.5) is 0 Å². The molecular formula is C10H20S. The fourth-order valence-electron chi connectivity index (χ4n) is 1.03. The molecule has 0 aromatic rings. The average Bonchev–Trinajstić information content (AvgIpc) is 1.78. The Kier molecular flexibility index (Phi) is 4.91. The minimum atomic E-state index is 0.495. The van der Waals surface area contributed by atoms with Crippen LogP contribution in [0, 0.1) is 5.41 Å². The maximum atomic E-state index is 5.00. The van der Waals surface area contributed by atoms with Gasteiger partial charge in [0.15, 0.2) is 0 Å². The van der Waals surface area contributed by atoms with E-state index >= 15 is 0 Å². The highest BCUT2D eigenvalue weighted by atomic mass is 32.1. The molecule has 66 valence electrons. The Bertz CT molecular complexity index is 119. The molecule has 0 fully saturated rings. The normalized spacial score (nSPS) is 11.6. The standard InChI is InChI=1S/C10H20S/c1-9(11)7-5-6-8-10(2,3)4/h5-8H2,1-4H3. The minimum Gasteiger partial charge on any atom is -0.0900 e. The van der Waals surface area contributed by atoms with E-state index in [1.807, 2.05) is 6.92 Å². The predicted octanol–water partition coefficient (Wildman–Crippen LogP) is 3.98. The van der Waals surface area contributed by atoms with Gasteiger partial charge in [-0.1, -0.05) is 39.4 Å². The van der Waals surface area contributed by atoms with E-state index in [1.165, 1.54) is 19.3 Å². The summed E-state index contributed by atoms with van der Waals surface area (Å²) >= 11 is 5.00. The molecule has 0 spiro atoms. The maximum absolute atomic E-state index is 5.00. The summed E-state index contributed by atoms with van der Waals surface area (Å²) in [5.41, 5.74) is 0.495. The van der Waals surface area contributed by atoms with Crippen LogP contribution in [0.5, 0.6) is 0 Å². The molecule has 0 saturated heterocycles. The van der Waals surface area contributed by atoms with Gasteiger partial charge in [-0.15, -0.1) is 0 Å². The SMILES string of the molecule is CC(=S)CCCCC(C)(C)C. The molecule has 0 atom stereocenters. The molecule has 0 aliphatic rings. The van der Waals surface area contributed by atoms with Gasteiger partial charge in [-0.25, -0.2) is 0 Å². The molecule has 11 heavy (non-hydrogen) atoms. The summed E-state index contributed by atoms with van der Waals surface area (Å²) in [5.74, 6) is 0. The number of thiocarbonyl (C=S) groups is 1. The van der Waals surface area contributed by atoms with Crippen LogP contribution in [0.15, 0.2) is 0 Å². The van der Waals surface area contributed by atoms with Crippen LogP contribution in [0.1, 0.15) is 53.4 Å². The van der Waals surface area contributed by atoms with Crippen molar-refractivity contribution in [2.45, 2.75) is 53.4 Å². The van der Waals surface area contributed by atoms with E-state index in [4.69, 9.17) is 12.2 Å². The fraction of sp³-hybridized carbons (Fsp3) is 0.900. The zero-order chi connectivity index (χ0) is 8.91. The Morgan fingerprint density at radius 2 is 1.73 bits per heavy atom. The van der Waals surface area contributed by atoms with Gasteiger partial charge >= 0.3 is 0 Å². The van der Waals surface area contributed by atoms with Crippen molar-refractivity contribution in [3.05, 3.63) is 0 Å². The average molecular weight is 172 g/mol. The molecule has 0 aliphatic carbocycles. The molecule has 0 rings (SSSR count). The zero-order valence-corrected chi connectivity index (χ0v) is 9.05. The fourth-order valence-corrected chi connectivity index (χ4v) is 1.17. The quantitative estimate of drug-likeness (QED) is 0.456. The molecule has 0 N–H and O–H groups in total. The Balaban J connectivity index is 3.22. The molecule has 0 nitrogen and oxygen atoms in total. The van der Waals surface area contributed by atoms with Gasteiger partial charge in [-0.3, -0.25) is 0 Å². The Morgan fingerprint density at radius 1 is 1.18 bits per heavy atom. The lowest BCUT2D eigenvalue weighted by molar-refractivity contribution is 0.362. The summed E-state index contributed by atoms with van der Waals surface area (Å²) < 4.78 is 0. The molecule has 1 heteroatoms. The molecular weight excluding hydrogens is 152 g/mol. The van der Waals surface area contributed by atoms with Gasteiger partial charge in [-0.05, 0) is 36.5 Å². The van der Waals surface area contributed by atoms with Crippen LogP contribution in [-0.2, 0) is 0 Å². The summed E-state index contributed by atoms with van der Waals surface area (Å²) in [6, 6.07) is 0. The molecule has 0 saturated carbocycles. The third-order valence-corrected chi connectivity index (χ3v) is 1.91. The zero-order valence-electron chi connectivity index (χ0n) is 8.24. The number of unbranched alkanes of at least 4 members (excludes halogenated alkanes) is 1. The highest BCUT2D eigenvalue weighted by Gasteiger charge is 2.08. The summed E-state index contributed by atoms with van der Waals surface area (Å²) in [4.78, 5) is 1.15. The first kappa shape index (κ1) is 11.1. The van der Waals surface area contributed by atoms with E-state index in [0.717, 1.165) is 11.3 Å². The van der Waals surface area contributed by atoms with Crippen molar-refractivity contribution in [3.63, 3.8) is 0 Å². The summed E-state index contributed by atoms with van der Waals surface area (Å²) in [5, 5.41) is 0. The molecule has 0 bridgehead atoms. The van der Waals surface area contributed by atoms with E-state index in [0.29, 0.717) is 5.41 Å². The lowest BCUT2D eigenvalue weighted by atomic mass is 9.89. The molecule has 0 aliphatic heterocycles. The van der Waals surface area contributed by atoms with Gasteiger partial charge in [0, 0.05) is 0 Å². The van der Waals surface area contributed by atoms with E-state index in [-0.39, 0.29) is 0 Å². The van der Waals surface area contributed by atoms with Crippen molar-refractivity contribution in [2.75, 3.05) is 0 Å². The molecule has 0 heterocycles. The third kappa shape index (κ3) is 10.1. The van der Waals surface area contributed by atoms with E-state index < -0.39 is 0 Å². The van der Waals surface area contributed by atoms with Gasteiger partial charge in [-0.2, -0.15) is 0 Å². The van der Waals surface area contributed by atoms with Gasteiger partial charge in [0.05, 0.1) is 0 Å². The van der Waals surface area contributed by atoms with Crippen LogP contribution in [0.2, 0.25) is 0 Å². The molecule has 0 unspecified atom stereocenters. The Labute approximate surface area is 76.4 Å². The second-order valence-corrected chi connectivity index (χ2v) is 5.17. The molecule has 0 amide bonds. The summed E-state index contributed by atoms with van der Waals surface area (Å²) in [6.07, 6.45) is 5.03. The molecule has 0 radical (unpaired) electrons. The predicted molar refractivity (Wildman–Crippen MR) is 56.2 cm³/mol. The number of rotatable bonds is 4. The maximum Gasteiger partial charge on any atom is -0.0102 e. The van der Waals surface area contributed by atoms with E-state index in [1.54, 1.807) is 0 Å². The first-order valence-electron chi connectivity index (χ1n) is 4.41. The minimum absolute atomic E-state index is 0.495. The smallest absolute Gasteiger partial charge is 0.0102 e. The molecule has 0 aromatic heterocycles. The van der Waals surface area contributed by atoms with Crippen molar-refractivity contribution < 1.29 is 0 Å². The second kappa shape index (κ2) is 4.87. The summed E-state index contributed by atoms with van der Waals surface area (Å²) in [6.45, 7) is 8.90. The second-order valence-electron chi connectivity index (χ2n) is 4.47. The Hall–Kier alpha value is 0.0900. The van der Waals surface area contributed by atoms with E-state index in [9.17, 15) is 0 Å². The van der Waals surface area contributed by atoms with Crippen molar-refractivity contribution in [1.29, 1.82) is 0 Å². The van der Waals surface area contributed by atoms with E-state index in [2.05, 4.69) is 20.8 Å². The third-order valence-electron chi connectivity index (χ3n) is 1.71. The first-order valence-corrected chi connectivity index (χ1v) is 4.82. The van der Waals surface area contributed by atoms with Gasteiger partial charge in [0.25, 0.3) is 0 Å². The van der Waals surface area contributed by atoms with Gasteiger partial charge in [0.1, 0.15) is 0 Å². The van der Waals surface area contributed by atoms with Crippen LogP contribution in [-0.4, -0.2) is 4.86 Å². The van der Waals surface area contributed by atoms with Crippen LogP contribution in [0.3, 0.4) is 0 Å². The highest BCUT2D eigenvalue weighted by molar-refractivity contribution is 7.80. The van der Waals surface area contributed by atoms with Crippen molar-refractivity contribution in [2.24, 2.45) is 5.41 Å².